The van der Waals surface area contributed by atoms with E-state index in [0.717, 1.165) is 33.7 Å². The van der Waals surface area contributed by atoms with Crippen LogP contribution in [0.5, 0.6) is 0 Å². The molecular formula is C23H18ClN. The first kappa shape index (κ1) is 16.9. The summed E-state index contributed by atoms with van der Waals surface area (Å²) in [4.78, 5) is 4.81. The molecule has 0 amide bonds. The molecule has 2 aromatic carbocycles. The number of halogens is 1. The van der Waals surface area contributed by atoms with Crippen LogP contribution in [0.4, 0.5) is 0 Å². The largest absolute Gasteiger partial charge is 0.248 e. The third-order valence-electron chi connectivity index (χ3n) is 3.87. The van der Waals surface area contributed by atoms with Gasteiger partial charge in [-0.3, -0.25) is 0 Å². The fourth-order valence-electron chi connectivity index (χ4n) is 2.66. The van der Waals surface area contributed by atoms with Gasteiger partial charge < -0.3 is 0 Å². The highest BCUT2D eigenvalue weighted by atomic mass is 35.5. The summed E-state index contributed by atoms with van der Waals surface area (Å²) in [5.74, 6) is 0. The SMILES string of the molecule is C=C/C=C(\C=C)c1cc(-c2ccccc2)cc(-c2cccc(Cl)c2)n1. The summed E-state index contributed by atoms with van der Waals surface area (Å²) in [6.07, 6.45) is 5.44. The summed E-state index contributed by atoms with van der Waals surface area (Å²) in [6, 6.07) is 22.1. The fraction of sp³-hybridized carbons (Fsp3) is 0. The molecule has 0 atom stereocenters. The van der Waals surface area contributed by atoms with E-state index in [1.165, 1.54) is 0 Å². The number of hydrogen-bond donors (Lipinski definition) is 0. The van der Waals surface area contributed by atoms with Crippen molar-refractivity contribution < 1.29 is 0 Å². The normalized spacial score (nSPS) is 11.2. The maximum Gasteiger partial charge on any atom is 0.0716 e. The molecule has 0 aliphatic rings. The van der Waals surface area contributed by atoms with Gasteiger partial charge in [-0.25, -0.2) is 4.98 Å². The van der Waals surface area contributed by atoms with Crippen molar-refractivity contribution >= 4 is 17.2 Å². The van der Waals surface area contributed by atoms with Gasteiger partial charge in [0.05, 0.1) is 11.4 Å². The van der Waals surface area contributed by atoms with Crippen LogP contribution in [-0.2, 0) is 0 Å². The van der Waals surface area contributed by atoms with E-state index in [0.29, 0.717) is 5.02 Å². The van der Waals surface area contributed by atoms with Gasteiger partial charge in [-0.15, -0.1) is 0 Å². The number of rotatable bonds is 5. The predicted octanol–water partition coefficient (Wildman–Crippen LogP) is 6.82. The Morgan fingerprint density at radius 1 is 0.840 bits per heavy atom. The second-order valence-electron chi connectivity index (χ2n) is 5.56. The van der Waals surface area contributed by atoms with E-state index in [9.17, 15) is 0 Å². The molecule has 0 N–H and O–H groups in total. The lowest BCUT2D eigenvalue weighted by atomic mass is 10.00. The number of aromatic nitrogens is 1. The molecule has 0 unspecified atom stereocenters. The van der Waals surface area contributed by atoms with Crippen molar-refractivity contribution in [3.05, 3.63) is 109 Å². The third-order valence-corrected chi connectivity index (χ3v) is 4.10. The second-order valence-corrected chi connectivity index (χ2v) is 6.00. The minimum absolute atomic E-state index is 0.691. The Morgan fingerprint density at radius 2 is 1.60 bits per heavy atom. The number of pyridine rings is 1. The lowest BCUT2D eigenvalue weighted by molar-refractivity contribution is 1.28. The molecule has 0 spiro atoms. The van der Waals surface area contributed by atoms with Gasteiger partial charge in [0.1, 0.15) is 0 Å². The molecule has 0 radical (unpaired) electrons. The number of nitrogens with zero attached hydrogens (tertiary/aromatic N) is 1. The van der Waals surface area contributed by atoms with Gasteiger partial charge in [-0.05, 0) is 41.0 Å². The van der Waals surface area contributed by atoms with Crippen molar-refractivity contribution in [2.75, 3.05) is 0 Å². The molecule has 1 aromatic heterocycles. The van der Waals surface area contributed by atoms with E-state index in [2.05, 4.69) is 37.4 Å². The maximum atomic E-state index is 6.16. The van der Waals surface area contributed by atoms with Crippen molar-refractivity contribution in [3.63, 3.8) is 0 Å². The van der Waals surface area contributed by atoms with Gasteiger partial charge in [-0.2, -0.15) is 0 Å². The van der Waals surface area contributed by atoms with E-state index in [-0.39, 0.29) is 0 Å². The third kappa shape index (κ3) is 3.96. The van der Waals surface area contributed by atoms with E-state index in [1.54, 1.807) is 12.2 Å². The van der Waals surface area contributed by atoms with E-state index < -0.39 is 0 Å². The van der Waals surface area contributed by atoms with Crippen LogP contribution in [0.25, 0.3) is 28.0 Å². The quantitative estimate of drug-likeness (QED) is 0.463. The molecule has 0 bridgehead atoms. The van der Waals surface area contributed by atoms with Crippen molar-refractivity contribution in [2.45, 2.75) is 0 Å². The van der Waals surface area contributed by atoms with Crippen LogP contribution < -0.4 is 0 Å². The van der Waals surface area contributed by atoms with Crippen molar-refractivity contribution in [3.8, 4) is 22.4 Å². The molecular weight excluding hydrogens is 326 g/mol. The van der Waals surface area contributed by atoms with Gasteiger partial charge in [0, 0.05) is 10.6 Å². The summed E-state index contributed by atoms with van der Waals surface area (Å²) in [6.45, 7) is 7.68. The molecule has 3 rings (SSSR count). The molecule has 3 aromatic rings. The minimum atomic E-state index is 0.691. The Kier molecular flexibility index (Phi) is 5.27. The average molecular weight is 344 g/mol. The zero-order valence-electron chi connectivity index (χ0n) is 13.8. The fourth-order valence-corrected chi connectivity index (χ4v) is 2.85. The summed E-state index contributed by atoms with van der Waals surface area (Å²) in [7, 11) is 0. The predicted molar refractivity (Wildman–Crippen MR) is 108 cm³/mol. The molecule has 0 aliphatic heterocycles. The van der Waals surface area contributed by atoms with E-state index in [1.807, 2.05) is 48.5 Å². The second kappa shape index (κ2) is 7.78. The van der Waals surface area contributed by atoms with Gasteiger partial charge in [0.25, 0.3) is 0 Å². The summed E-state index contributed by atoms with van der Waals surface area (Å²) >= 11 is 6.16. The van der Waals surface area contributed by atoms with Crippen LogP contribution in [0.15, 0.2) is 98.1 Å². The van der Waals surface area contributed by atoms with Crippen LogP contribution in [0.2, 0.25) is 5.02 Å². The molecule has 0 saturated heterocycles. The van der Waals surface area contributed by atoms with Crippen LogP contribution in [0.1, 0.15) is 5.69 Å². The maximum absolute atomic E-state index is 6.16. The van der Waals surface area contributed by atoms with Crippen molar-refractivity contribution in [2.24, 2.45) is 0 Å². The lowest BCUT2D eigenvalue weighted by Crippen LogP contribution is -1.93. The molecule has 25 heavy (non-hydrogen) atoms. The Morgan fingerprint density at radius 3 is 2.28 bits per heavy atom. The van der Waals surface area contributed by atoms with Crippen LogP contribution in [0, 0.1) is 0 Å². The van der Waals surface area contributed by atoms with Crippen LogP contribution >= 0.6 is 11.6 Å². The van der Waals surface area contributed by atoms with Gasteiger partial charge in [0.2, 0.25) is 0 Å². The molecule has 122 valence electrons. The molecule has 0 saturated carbocycles. The highest BCUT2D eigenvalue weighted by molar-refractivity contribution is 6.30. The smallest absolute Gasteiger partial charge is 0.0716 e. The molecule has 2 heteroatoms. The summed E-state index contributed by atoms with van der Waals surface area (Å²) < 4.78 is 0. The van der Waals surface area contributed by atoms with Crippen LogP contribution in [0.3, 0.4) is 0 Å². The zero-order chi connectivity index (χ0) is 17.6. The molecule has 0 aliphatic carbocycles. The van der Waals surface area contributed by atoms with Gasteiger partial charge in [-0.1, -0.05) is 85.5 Å². The zero-order valence-corrected chi connectivity index (χ0v) is 14.6. The van der Waals surface area contributed by atoms with Crippen LogP contribution in [-0.4, -0.2) is 4.98 Å². The minimum Gasteiger partial charge on any atom is -0.248 e. The van der Waals surface area contributed by atoms with E-state index in [4.69, 9.17) is 16.6 Å². The highest BCUT2D eigenvalue weighted by Crippen LogP contribution is 2.29. The Labute approximate surface area is 153 Å². The molecule has 1 heterocycles. The lowest BCUT2D eigenvalue weighted by Gasteiger charge is -2.11. The van der Waals surface area contributed by atoms with Gasteiger partial charge >= 0.3 is 0 Å². The van der Waals surface area contributed by atoms with Crippen molar-refractivity contribution in [1.82, 2.24) is 4.98 Å². The standard InChI is InChI=1S/C23H18ClN/c1-3-9-17(4-2)22-15-20(18-10-6-5-7-11-18)16-23(25-22)19-12-8-13-21(24)14-19/h3-16H,1-2H2/b17-9+. The Hall–Kier alpha value is -2.90. The summed E-state index contributed by atoms with van der Waals surface area (Å²) in [5.41, 5.74) is 5.86. The Bertz CT molecular complexity index is 939. The molecule has 0 fully saturated rings. The first-order valence-corrected chi connectivity index (χ1v) is 8.38. The monoisotopic (exact) mass is 343 g/mol. The summed E-state index contributed by atoms with van der Waals surface area (Å²) in [5, 5.41) is 0.691. The number of benzene rings is 2. The topological polar surface area (TPSA) is 12.9 Å². The first-order valence-electron chi connectivity index (χ1n) is 8.00. The first-order chi connectivity index (χ1) is 12.2. The Balaban J connectivity index is 2.23. The highest BCUT2D eigenvalue weighted by Gasteiger charge is 2.09. The van der Waals surface area contributed by atoms with Gasteiger partial charge in [0.15, 0.2) is 0 Å². The number of hydrogen-bond acceptors (Lipinski definition) is 1. The van der Waals surface area contributed by atoms with E-state index >= 15 is 0 Å². The average Bonchev–Trinajstić information content (AvgIpc) is 2.66. The number of allylic oxidation sites excluding steroid dienone is 4. The molecule has 1 nitrogen and oxygen atoms in total. The van der Waals surface area contributed by atoms with Crippen molar-refractivity contribution in [1.29, 1.82) is 0 Å².